The van der Waals surface area contributed by atoms with Crippen molar-refractivity contribution in [1.82, 2.24) is 15.2 Å². The minimum Gasteiger partial charge on any atom is -0.325 e. The average molecular weight is 356 g/mol. The number of hydrogen-bond acceptors (Lipinski definition) is 4. The number of thioether (sulfide) groups is 1. The molecule has 0 atom stereocenters. The highest BCUT2D eigenvalue weighted by atomic mass is 32.2. The zero-order valence-corrected chi connectivity index (χ0v) is 14.7. The summed E-state index contributed by atoms with van der Waals surface area (Å²) < 4.78 is 13.8. The van der Waals surface area contributed by atoms with E-state index in [1.54, 1.807) is 18.2 Å². The first-order valence-electron chi connectivity index (χ1n) is 7.70. The molecule has 1 aromatic heterocycles. The van der Waals surface area contributed by atoms with Gasteiger partial charge in [-0.3, -0.25) is 9.89 Å². The van der Waals surface area contributed by atoms with Crippen molar-refractivity contribution in [3.8, 4) is 11.4 Å². The largest absolute Gasteiger partial charge is 0.325 e. The van der Waals surface area contributed by atoms with E-state index in [1.807, 2.05) is 32.0 Å². The quantitative estimate of drug-likeness (QED) is 0.679. The number of aryl methyl sites for hydroxylation is 2. The van der Waals surface area contributed by atoms with E-state index in [1.165, 1.54) is 17.8 Å². The van der Waals surface area contributed by atoms with E-state index in [-0.39, 0.29) is 17.5 Å². The lowest BCUT2D eigenvalue weighted by Crippen LogP contribution is -2.15. The number of H-pyrrole nitrogens is 1. The van der Waals surface area contributed by atoms with Gasteiger partial charge in [-0.1, -0.05) is 36.0 Å². The molecule has 1 heterocycles. The number of aromatic amines is 1. The first-order valence-corrected chi connectivity index (χ1v) is 8.68. The molecule has 0 aliphatic carbocycles. The van der Waals surface area contributed by atoms with Crippen LogP contribution in [0.3, 0.4) is 0 Å². The summed E-state index contributed by atoms with van der Waals surface area (Å²) in [6.45, 7) is 3.92. The summed E-state index contributed by atoms with van der Waals surface area (Å²) in [5.74, 6) is -0.00331. The maximum atomic E-state index is 13.8. The summed E-state index contributed by atoms with van der Waals surface area (Å²) in [6, 6.07) is 12.2. The van der Waals surface area contributed by atoms with Gasteiger partial charge in [0, 0.05) is 5.69 Å². The van der Waals surface area contributed by atoms with Crippen LogP contribution in [0.2, 0.25) is 0 Å². The lowest BCUT2D eigenvalue weighted by atomic mass is 10.1. The molecule has 128 valence electrons. The monoisotopic (exact) mass is 356 g/mol. The van der Waals surface area contributed by atoms with Gasteiger partial charge in [-0.2, -0.15) is 0 Å². The second kappa shape index (κ2) is 7.48. The first kappa shape index (κ1) is 17.2. The van der Waals surface area contributed by atoms with Gasteiger partial charge in [0.2, 0.25) is 11.1 Å². The van der Waals surface area contributed by atoms with Gasteiger partial charge in [-0.15, -0.1) is 5.10 Å². The molecule has 0 radical (unpaired) electrons. The molecule has 0 bridgehead atoms. The van der Waals surface area contributed by atoms with Gasteiger partial charge >= 0.3 is 0 Å². The molecule has 3 aromatic rings. The molecule has 0 unspecified atom stereocenters. The standard InChI is InChI=1S/C18H17FN4OS/c1-11-7-8-12(2)15(9-11)20-16(24)10-25-18-21-17(22-23-18)13-5-3-4-6-14(13)19/h3-9H,10H2,1-2H3,(H,20,24)(H,21,22,23). The number of carbonyl (C=O) groups is 1. The van der Waals surface area contributed by atoms with Gasteiger partial charge in [-0.25, -0.2) is 9.37 Å². The number of rotatable bonds is 5. The zero-order chi connectivity index (χ0) is 17.8. The average Bonchev–Trinajstić information content (AvgIpc) is 3.05. The summed E-state index contributed by atoms with van der Waals surface area (Å²) in [5.41, 5.74) is 3.23. The van der Waals surface area contributed by atoms with Gasteiger partial charge in [0.05, 0.1) is 11.3 Å². The summed E-state index contributed by atoms with van der Waals surface area (Å²) in [7, 11) is 0. The Morgan fingerprint density at radius 1 is 1.24 bits per heavy atom. The fraction of sp³-hybridized carbons (Fsp3) is 0.167. The molecule has 1 amide bonds. The third-order valence-electron chi connectivity index (χ3n) is 3.59. The van der Waals surface area contributed by atoms with Crippen LogP contribution in [0.15, 0.2) is 47.6 Å². The second-order valence-electron chi connectivity index (χ2n) is 5.60. The number of carbonyl (C=O) groups excluding carboxylic acids is 1. The van der Waals surface area contributed by atoms with Crippen LogP contribution >= 0.6 is 11.8 Å². The van der Waals surface area contributed by atoms with E-state index in [0.717, 1.165) is 16.8 Å². The van der Waals surface area contributed by atoms with Crippen molar-refractivity contribution < 1.29 is 9.18 Å². The topological polar surface area (TPSA) is 70.7 Å². The van der Waals surface area contributed by atoms with Crippen molar-refractivity contribution in [3.05, 3.63) is 59.4 Å². The lowest BCUT2D eigenvalue weighted by molar-refractivity contribution is -0.113. The molecule has 0 saturated carbocycles. The highest BCUT2D eigenvalue weighted by Gasteiger charge is 2.12. The maximum absolute atomic E-state index is 13.8. The molecule has 0 fully saturated rings. The maximum Gasteiger partial charge on any atom is 0.234 e. The Morgan fingerprint density at radius 3 is 2.84 bits per heavy atom. The van der Waals surface area contributed by atoms with E-state index >= 15 is 0 Å². The number of nitrogens with one attached hydrogen (secondary N) is 2. The normalized spacial score (nSPS) is 10.7. The van der Waals surface area contributed by atoms with E-state index in [4.69, 9.17) is 0 Å². The smallest absolute Gasteiger partial charge is 0.234 e. The van der Waals surface area contributed by atoms with Crippen LogP contribution in [-0.2, 0) is 4.79 Å². The lowest BCUT2D eigenvalue weighted by Gasteiger charge is -2.08. The molecule has 25 heavy (non-hydrogen) atoms. The van der Waals surface area contributed by atoms with Crippen LogP contribution in [0.5, 0.6) is 0 Å². The zero-order valence-electron chi connectivity index (χ0n) is 13.8. The predicted molar refractivity (Wildman–Crippen MR) is 97.0 cm³/mol. The number of hydrogen-bond donors (Lipinski definition) is 2. The molecule has 0 aliphatic heterocycles. The fourth-order valence-electron chi connectivity index (χ4n) is 2.27. The third-order valence-corrected chi connectivity index (χ3v) is 4.44. The Morgan fingerprint density at radius 2 is 2.04 bits per heavy atom. The number of aromatic nitrogens is 3. The first-order chi connectivity index (χ1) is 12.0. The SMILES string of the molecule is Cc1ccc(C)c(NC(=O)CSc2n[nH]c(-c3ccccc3F)n2)c1. The molecule has 2 aromatic carbocycles. The summed E-state index contributed by atoms with van der Waals surface area (Å²) in [4.78, 5) is 16.4. The van der Waals surface area contributed by atoms with Crippen molar-refractivity contribution in [2.75, 3.05) is 11.1 Å². The molecule has 5 nitrogen and oxygen atoms in total. The van der Waals surface area contributed by atoms with Crippen LogP contribution in [0, 0.1) is 19.7 Å². The van der Waals surface area contributed by atoms with Gasteiger partial charge in [0.25, 0.3) is 0 Å². The van der Waals surface area contributed by atoms with Crippen molar-refractivity contribution in [3.63, 3.8) is 0 Å². The van der Waals surface area contributed by atoms with Gasteiger partial charge in [-0.05, 0) is 43.2 Å². The number of halogens is 1. The fourth-order valence-corrected chi connectivity index (χ4v) is 2.87. The van der Waals surface area contributed by atoms with Crippen molar-refractivity contribution in [2.24, 2.45) is 0 Å². The van der Waals surface area contributed by atoms with Gasteiger partial charge in [0.15, 0.2) is 5.82 Å². The van der Waals surface area contributed by atoms with E-state index in [0.29, 0.717) is 16.5 Å². The van der Waals surface area contributed by atoms with Gasteiger partial charge < -0.3 is 5.32 Å². The summed E-state index contributed by atoms with van der Waals surface area (Å²) >= 11 is 1.19. The van der Waals surface area contributed by atoms with Gasteiger partial charge in [0.1, 0.15) is 5.82 Å². The Balaban J connectivity index is 1.61. The van der Waals surface area contributed by atoms with Crippen LogP contribution in [-0.4, -0.2) is 26.8 Å². The minimum absolute atomic E-state index is 0.143. The van der Waals surface area contributed by atoms with Crippen LogP contribution in [0.25, 0.3) is 11.4 Å². The van der Waals surface area contributed by atoms with Crippen molar-refractivity contribution >= 4 is 23.4 Å². The second-order valence-corrected chi connectivity index (χ2v) is 6.54. The number of anilines is 1. The van der Waals surface area contributed by atoms with E-state index in [2.05, 4.69) is 20.5 Å². The number of amides is 1. The molecule has 3 rings (SSSR count). The minimum atomic E-state index is -0.372. The number of nitrogens with zero attached hydrogens (tertiary/aromatic N) is 2. The van der Waals surface area contributed by atoms with E-state index in [9.17, 15) is 9.18 Å². The van der Waals surface area contributed by atoms with Crippen LogP contribution in [0.4, 0.5) is 10.1 Å². The predicted octanol–water partition coefficient (Wildman–Crippen LogP) is 3.96. The molecular weight excluding hydrogens is 339 g/mol. The molecule has 0 saturated heterocycles. The van der Waals surface area contributed by atoms with E-state index < -0.39 is 0 Å². The Kier molecular flexibility index (Phi) is 5.14. The molecule has 2 N–H and O–H groups in total. The Hall–Kier alpha value is -2.67. The Labute approximate surface area is 149 Å². The number of benzene rings is 2. The summed E-state index contributed by atoms with van der Waals surface area (Å²) in [5, 5.41) is 10.0. The van der Waals surface area contributed by atoms with Crippen molar-refractivity contribution in [2.45, 2.75) is 19.0 Å². The third kappa shape index (κ3) is 4.24. The highest BCUT2D eigenvalue weighted by molar-refractivity contribution is 7.99. The molecule has 0 aliphatic rings. The Bertz CT molecular complexity index is 910. The van der Waals surface area contributed by atoms with Crippen molar-refractivity contribution in [1.29, 1.82) is 0 Å². The molecule has 7 heteroatoms. The molecular formula is C18H17FN4OS. The van der Waals surface area contributed by atoms with Crippen LogP contribution in [0.1, 0.15) is 11.1 Å². The highest BCUT2D eigenvalue weighted by Crippen LogP contribution is 2.22. The summed E-state index contributed by atoms with van der Waals surface area (Å²) in [6.07, 6.45) is 0. The molecule has 0 spiro atoms. The van der Waals surface area contributed by atoms with Crippen LogP contribution < -0.4 is 5.32 Å².